The van der Waals surface area contributed by atoms with Crippen LogP contribution in [0.3, 0.4) is 0 Å². The number of hydrogen-bond acceptors (Lipinski definition) is 6. The molecule has 7 heteroatoms. The Morgan fingerprint density at radius 1 is 1.15 bits per heavy atom. The van der Waals surface area contributed by atoms with Gasteiger partial charge < -0.3 is 14.7 Å². The maximum absolute atomic E-state index is 13.2. The fourth-order valence-corrected chi connectivity index (χ4v) is 4.89. The summed E-state index contributed by atoms with van der Waals surface area (Å²) >= 11 is 1.44. The van der Waals surface area contributed by atoms with Gasteiger partial charge in [0.2, 0.25) is 0 Å². The number of benzene rings is 1. The lowest BCUT2D eigenvalue weighted by atomic mass is 9.84. The van der Waals surface area contributed by atoms with Crippen LogP contribution in [-0.2, 0) is 21.5 Å². The van der Waals surface area contributed by atoms with E-state index in [2.05, 4.69) is 4.98 Å². The number of aliphatic hydroxyl groups excluding tert-OH is 1. The molecule has 0 aliphatic carbocycles. The quantitative estimate of drug-likeness (QED) is 0.325. The monoisotopic (exact) mass is 462 g/mol. The number of nitrogens with zero attached hydrogens (tertiary/aromatic N) is 2. The smallest absolute Gasteiger partial charge is 0.296 e. The summed E-state index contributed by atoms with van der Waals surface area (Å²) in [5, 5.41) is 13.2. The third-order valence-corrected chi connectivity index (χ3v) is 6.62. The first-order valence-electron chi connectivity index (χ1n) is 10.6. The van der Waals surface area contributed by atoms with Gasteiger partial charge in [0.05, 0.1) is 24.9 Å². The van der Waals surface area contributed by atoms with Crippen molar-refractivity contribution in [3.8, 4) is 5.75 Å². The van der Waals surface area contributed by atoms with Crippen LogP contribution in [0.25, 0.3) is 5.76 Å². The molecule has 1 unspecified atom stereocenters. The van der Waals surface area contributed by atoms with Crippen LogP contribution in [0.1, 0.15) is 48.5 Å². The number of carbonyl (C=O) groups is 2. The minimum atomic E-state index is -0.699. The van der Waals surface area contributed by atoms with Crippen molar-refractivity contribution in [3.05, 3.63) is 87.4 Å². The van der Waals surface area contributed by atoms with Gasteiger partial charge in [-0.05, 0) is 47.2 Å². The van der Waals surface area contributed by atoms with Gasteiger partial charge in [-0.1, -0.05) is 32.9 Å². The average molecular weight is 463 g/mol. The second kappa shape index (κ2) is 8.83. The van der Waals surface area contributed by atoms with E-state index < -0.39 is 17.7 Å². The van der Waals surface area contributed by atoms with E-state index in [1.807, 2.05) is 56.5 Å². The average Bonchev–Trinajstić information content (AvgIpc) is 3.41. The van der Waals surface area contributed by atoms with Crippen LogP contribution in [0.15, 0.2) is 65.7 Å². The maximum atomic E-state index is 13.2. The van der Waals surface area contributed by atoms with E-state index in [0.717, 1.165) is 10.4 Å². The number of likely N-dealkylation sites (tertiary alicyclic amines) is 1. The van der Waals surface area contributed by atoms with Crippen molar-refractivity contribution in [2.45, 2.75) is 38.8 Å². The summed E-state index contributed by atoms with van der Waals surface area (Å²) in [4.78, 5) is 32.9. The second-order valence-electron chi connectivity index (χ2n) is 8.93. The lowest BCUT2D eigenvalue weighted by molar-refractivity contribution is -0.140. The molecule has 0 bridgehead atoms. The predicted octanol–water partition coefficient (Wildman–Crippen LogP) is 5.07. The number of Topliss-reactive ketones (excluding diaryl/α,β-unsaturated/α-hetero) is 1. The number of ether oxygens (including phenoxy) is 1. The van der Waals surface area contributed by atoms with E-state index in [9.17, 15) is 14.7 Å². The standard InChI is InChI=1S/C26H26N2O4S/c1-26(2,3)18-14-16(10-11-19(18)32-4)23(29)21-22(20-9-7-13-33-20)28(25(31)24(21)30)15-17-8-5-6-12-27-17/h5-14,22,29H,15H2,1-4H3/b23-21-. The van der Waals surface area contributed by atoms with Crippen LogP contribution in [0.2, 0.25) is 0 Å². The van der Waals surface area contributed by atoms with Crippen molar-refractivity contribution in [2.24, 2.45) is 0 Å². The number of pyridine rings is 1. The molecular weight excluding hydrogens is 436 g/mol. The molecule has 1 aliphatic rings. The molecule has 1 N–H and O–H groups in total. The Labute approximate surface area is 197 Å². The van der Waals surface area contributed by atoms with Gasteiger partial charge in [0.15, 0.2) is 0 Å². The van der Waals surface area contributed by atoms with E-state index in [4.69, 9.17) is 4.74 Å². The van der Waals surface area contributed by atoms with Crippen molar-refractivity contribution in [3.63, 3.8) is 0 Å². The molecule has 1 atom stereocenters. The van der Waals surface area contributed by atoms with Gasteiger partial charge in [-0.25, -0.2) is 0 Å². The van der Waals surface area contributed by atoms with Crippen molar-refractivity contribution in [1.82, 2.24) is 9.88 Å². The summed E-state index contributed by atoms with van der Waals surface area (Å²) in [5.41, 5.74) is 1.87. The van der Waals surface area contributed by atoms with Crippen molar-refractivity contribution >= 4 is 28.8 Å². The normalized spacial score (nSPS) is 18.1. The van der Waals surface area contributed by atoms with Gasteiger partial charge in [-0.2, -0.15) is 0 Å². The Hall–Kier alpha value is -3.45. The number of rotatable bonds is 5. The van der Waals surface area contributed by atoms with Crippen molar-refractivity contribution < 1.29 is 19.4 Å². The van der Waals surface area contributed by atoms with E-state index in [1.165, 1.54) is 16.2 Å². The van der Waals surface area contributed by atoms with E-state index in [1.54, 1.807) is 31.5 Å². The molecule has 3 aromatic rings. The van der Waals surface area contributed by atoms with Crippen LogP contribution in [0.5, 0.6) is 5.75 Å². The van der Waals surface area contributed by atoms with Crippen molar-refractivity contribution in [2.75, 3.05) is 7.11 Å². The highest BCUT2D eigenvalue weighted by Crippen LogP contribution is 2.42. The van der Waals surface area contributed by atoms with Gasteiger partial charge in [0.1, 0.15) is 17.6 Å². The van der Waals surface area contributed by atoms with Gasteiger partial charge >= 0.3 is 0 Å². The zero-order valence-electron chi connectivity index (χ0n) is 19.0. The molecule has 1 saturated heterocycles. The Morgan fingerprint density at radius 2 is 1.94 bits per heavy atom. The summed E-state index contributed by atoms with van der Waals surface area (Å²) < 4.78 is 5.50. The molecule has 1 amide bonds. The highest BCUT2D eigenvalue weighted by Gasteiger charge is 2.46. The lowest BCUT2D eigenvalue weighted by Crippen LogP contribution is -2.29. The fourth-order valence-electron chi connectivity index (χ4n) is 4.05. The summed E-state index contributed by atoms with van der Waals surface area (Å²) in [6, 6.07) is 13.8. The van der Waals surface area contributed by atoms with Crippen LogP contribution in [0.4, 0.5) is 0 Å². The van der Waals surface area contributed by atoms with Crippen molar-refractivity contribution in [1.29, 1.82) is 0 Å². The molecule has 0 saturated carbocycles. The maximum Gasteiger partial charge on any atom is 0.296 e. The van der Waals surface area contributed by atoms with Gasteiger partial charge in [0.25, 0.3) is 11.7 Å². The summed E-state index contributed by atoms with van der Waals surface area (Å²) in [6.07, 6.45) is 1.65. The van der Waals surface area contributed by atoms with E-state index in [-0.39, 0.29) is 23.3 Å². The highest BCUT2D eigenvalue weighted by molar-refractivity contribution is 7.10. The van der Waals surface area contributed by atoms with Crippen LogP contribution in [-0.4, -0.2) is 33.8 Å². The summed E-state index contributed by atoms with van der Waals surface area (Å²) in [6.45, 7) is 6.31. The Morgan fingerprint density at radius 3 is 2.55 bits per heavy atom. The molecule has 33 heavy (non-hydrogen) atoms. The van der Waals surface area contributed by atoms with Gasteiger partial charge in [-0.15, -0.1) is 11.3 Å². The van der Waals surface area contributed by atoms with Crippen LogP contribution in [0, 0.1) is 0 Å². The third kappa shape index (κ3) is 4.28. The highest BCUT2D eigenvalue weighted by atomic mass is 32.1. The first-order valence-corrected chi connectivity index (χ1v) is 11.5. The molecule has 6 nitrogen and oxygen atoms in total. The zero-order valence-corrected chi connectivity index (χ0v) is 19.8. The third-order valence-electron chi connectivity index (χ3n) is 5.69. The predicted molar refractivity (Wildman–Crippen MR) is 128 cm³/mol. The minimum Gasteiger partial charge on any atom is -0.507 e. The molecule has 4 rings (SSSR count). The van der Waals surface area contributed by atoms with Gasteiger partial charge in [0, 0.05) is 22.2 Å². The van der Waals surface area contributed by atoms with Gasteiger partial charge in [-0.3, -0.25) is 14.6 Å². The lowest BCUT2D eigenvalue weighted by Gasteiger charge is -2.25. The number of hydrogen-bond donors (Lipinski definition) is 1. The second-order valence-corrected chi connectivity index (χ2v) is 9.91. The number of thiophene rings is 1. The zero-order chi connectivity index (χ0) is 23.8. The Bertz CT molecular complexity index is 1210. The van der Waals surface area contributed by atoms with Crippen LogP contribution < -0.4 is 4.74 Å². The first-order chi connectivity index (χ1) is 15.7. The summed E-state index contributed by atoms with van der Waals surface area (Å²) in [5.74, 6) is -0.840. The minimum absolute atomic E-state index is 0.0865. The fraction of sp³-hybridized carbons (Fsp3) is 0.269. The molecule has 0 spiro atoms. The van der Waals surface area contributed by atoms with Crippen LogP contribution >= 0.6 is 11.3 Å². The largest absolute Gasteiger partial charge is 0.507 e. The number of carbonyl (C=O) groups excluding carboxylic acids is 2. The molecule has 0 radical (unpaired) electrons. The first kappa shape index (κ1) is 22.7. The molecule has 1 aromatic carbocycles. The SMILES string of the molecule is COc1ccc(/C(O)=C2/C(=O)C(=O)N(Cc3ccccn3)C2c2cccs2)cc1C(C)(C)C. The summed E-state index contributed by atoms with van der Waals surface area (Å²) in [7, 11) is 1.60. The number of ketones is 1. The van der Waals surface area contributed by atoms with E-state index >= 15 is 0 Å². The molecule has 170 valence electrons. The number of aromatic nitrogens is 1. The Balaban J connectivity index is 1.86. The number of methoxy groups -OCH3 is 1. The molecular formula is C26H26N2O4S. The molecule has 1 fully saturated rings. The molecule has 3 heterocycles. The molecule has 2 aromatic heterocycles. The number of amides is 1. The molecule has 1 aliphatic heterocycles. The topological polar surface area (TPSA) is 79.7 Å². The number of aliphatic hydroxyl groups is 1. The Kier molecular flexibility index (Phi) is 6.08. The van der Waals surface area contributed by atoms with E-state index in [0.29, 0.717) is 17.0 Å².